The predicted molar refractivity (Wildman–Crippen MR) is 117 cm³/mol. The van der Waals surface area contributed by atoms with Gasteiger partial charge in [-0.1, -0.05) is 30.3 Å². The van der Waals surface area contributed by atoms with Crippen LogP contribution >= 0.6 is 0 Å². The Hall–Kier alpha value is -2.98. The fraction of sp³-hybridized carbons (Fsp3) is 0.269. The quantitative estimate of drug-likeness (QED) is 0.536. The maximum Gasteiger partial charge on any atom is 0.123 e. The Bertz CT molecular complexity index is 1230. The second kappa shape index (κ2) is 6.51. The number of nitrogens with one attached hydrogen (secondary N) is 1. The molecule has 1 aliphatic heterocycles. The van der Waals surface area contributed by atoms with E-state index in [1.807, 2.05) is 10.9 Å². The van der Waals surface area contributed by atoms with Gasteiger partial charge in [-0.2, -0.15) is 5.10 Å². The summed E-state index contributed by atoms with van der Waals surface area (Å²) in [5, 5.41) is 9.38. The minimum Gasteiger partial charge on any atom is -0.316 e. The molecule has 2 fully saturated rings. The van der Waals surface area contributed by atoms with Crippen molar-refractivity contribution < 1.29 is 4.39 Å². The molecule has 3 atom stereocenters. The first-order chi connectivity index (χ1) is 14.7. The summed E-state index contributed by atoms with van der Waals surface area (Å²) in [5.74, 6) is 1.15. The number of aromatic nitrogens is 2. The third-order valence-corrected chi connectivity index (χ3v) is 7.27. The Morgan fingerprint density at radius 3 is 2.70 bits per heavy atom. The molecule has 1 aromatic heterocycles. The molecular weight excluding hydrogens is 373 g/mol. The Kier molecular flexibility index (Phi) is 3.87. The second-order valence-electron chi connectivity index (χ2n) is 8.83. The number of hydrogen-bond donors (Lipinski definition) is 1. The lowest BCUT2D eigenvalue weighted by molar-refractivity contribution is 0.555. The van der Waals surface area contributed by atoms with E-state index in [-0.39, 0.29) is 11.2 Å². The average molecular weight is 397 g/mol. The summed E-state index contributed by atoms with van der Waals surface area (Å²) in [6, 6.07) is 22.0. The number of piperidine rings is 1. The van der Waals surface area contributed by atoms with Crippen LogP contribution in [0.5, 0.6) is 0 Å². The van der Waals surface area contributed by atoms with Crippen molar-refractivity contribution in [2.24, 2.45) is 11.8 Å². The highest BCUT2D eigenvalue weighted by atomic mass is 19.1. The molecule has 4 aromatic rings. The van der Waals surface area contributed by atoms with Crippen molar-refractivity contribution in [3.8, 4) is 5.69 Å². The molecular formula is C26H24FN3. The average Bonchev–Trinajstić information content (AvgIpc) is 3.09. The number of nitrogens with zero attached hydrogens (tertiary/aromatic N) is 2. The molecule has 3 aromatic carbocycles. The van der Waals surface area contributed by atoms with Gasteiger partial charge in [-0.05, 0) is 84.8 Å². The van der Waals surface area contributed by atoms with Crippen LogP contribution in [0.25, 0.3) is 16.6 Å². The van der Waals surface area contributed by atoms with Crippen molar-refractivity contribution in [3.05, 3.63) is 95.4 Å². The van der Waals surface area contributed by atoms with Gasteiger partial charge in [-0.3, -0.25) is 0 Å². The summed E-state index contributed by atoms with van der Waals surface area (Å²) < 4.78 is 15.2. The largest absolute Gasteiger partial charge is 0.316 e. The third kappa shape index (κ3) is 2.56. The number of rotatable bonds is 4. The third-order valence-electron chi connectivity index (χ3n) is 7.27. The molecule has 1 N–H and O–H groups in total. The summed E-state index contributed by atoms with van der Waals surface area (Å²) in [5.41, 5.74) is 6.39. The van der Waals surface area contributed by atoms with E-state index in [2.05, 4.69) is 59.8 Å². The molecule has 1 saturated heterocycles. The number of benzene rings is 3. The first kappa shape index (κ1) is 17.8. The van der Waals surface area contributed by atoms with E-state index in [9.17, 15) is 4.39 Å². The molecule has 0 amide bonds. The molecule has 4 heteroatoms. The number of halogens is 1. The van der Waals surface area contributed by atoms with Crippen LogP contribution in [0.4, 0.5) is 4.39 Å². The molecule has 0 radical (unpaired) electrons. The fourth-order valence-electron chi connectivity index (χ4n) is 5.78. The zero-order chi connectivity index (χ0) is 20.3. The van der Waals surface area contributed by atoms with Crippen molar-refractivity contribution in [2.75, 3.05) is 13.1 Å². The highest BCUT2D eigenvalue weighted by molar-refractivity contribution is 5.83. The SMILES string of the molecule is Cc1cc2c(cnn2-c2ccc(F)cc2)cc1[C@@]12CNC[C@@H]1[C@H]2Cc1ccccc1. The van der Waals surface area contributed by atoms with Gasteiger partial charge < -0.3 is 5.32 Å². The van der Waals surface area contributed by atoms with Crippen LogP contribution in [0.1, 0.15) is 16.7 Å². The molecule has 2 heterocycles. The van der Waals surface area contributed by atoms with E-state index < -0.39 is 0 Å². The van der Waals surface area contributed by atoms with Gasteiger partial charge >= 0.3 is 0 Å². The van der Waals surface area contributed by atoms with Crippen LogP contribution in [-0.4, -0.2) is 22.9 Å². The molecule has 6 rings (SSSR count). The second-order valence-corrected chi connectivity index (χ2v) is 8.83. The van der Waals surface area contributed by atoms with Crippen molar-refractivity contribution in [1.82, 2.24) is 15.1 Å². The smallest absolute Gasteiger partial charge is 0.123 e. The van der Waals surface area contributed by atoms with E-state index in [0.717, 1.165) is 36.1 Å². The normalized spacial score (nSPS) is 24.9. The fourth-order valence-corrected chi connectivity index (χ4v) is 5.78. The zero-order valence-corrected chi connectivity index (χ0v) is 17.0. The summed E-state index contributed by atoms with van der Waals surface area (Å²) in [4.78, 5) is 0. The van der Waals surface area contributed by atoms with Crippen LogP contribution in [-0.2, 0) is 11.8 Å². The molecule has 0 unspecified atom stereocenters. The minimum absolute atomic E-state index is 0.228. The Morgan fingerprint density at radius 2 is 1.90 bits per heavy atom. The lowest BCUT2D eigenvalue weighted by Crippen LogP contribution is -2.25. The van der Waals surface area contributed by atoms with Gasteiger partial charge in [-0.25, -0.2) is 9.07 Å². The van der Waals surface area contributed by atoms with Crippen molar-refractivity contribution in [2.45, 2.75) is 18.8 Å². The molecule has 3 nitrogen and oxygen atoms in total. The first-order valence-electron chi connectivity index (χ1n) is 10.7. The van der Waals surface area contributed by atoms with E-state index in [1.54, 1.807) is 12.1 Å². The summed E-state index contributed by atoms with van der Waals surface area (Å²) in [6.07, 6.45) is 3.07. The van der Waals surface area contributed by atoms with E-state index in [0.29, 0.717) is 11.8 Å². The lowest BCUT2D eigenvalue weighted by atomic mass is 9.87. The van der Waals surface area contributed by atoms with Crippen LogP contribution < -0.4 is 5.32 Å². The van der Waals surface area contributed by atoms with Gasteiger partial charge in [0.15, 0.2) is 0 Å². The summed E-state index contributed by atoms with van der Waals surface area (Å²) in [7, 11) is 0. The Balaban J connectivity index is 1.40. The summed E-state index contributed by atoms with van der Waals surface area (Å²) >= 11 is 0. The van der Waals surface area contributed by atoms with Gasteiger partial charge in [0.05, 0.1) is 17.4 Å². The maximum absolute atomic E-state index is 13.3. The van der Waals surface area contributed by atoms with Crippen molar-refractivity contribution in [1.29, 1.82) is 0 Å². The van der Waals surface area contributed by atoms with Crippen molar-refractivity contribution in [3.63, 3.8) is 0 Å². The van der Waals surface area contributed by atoms with Crippen LogP contribution in [0.3, 0.4) is 0 Å². The highest BCUT2D eigenvalue weighted by Gasteiger charge is 2.67. The van der Waals surface area contributed by atoms with E-state index >= 15 is 0 Å². The molecule has 0 bridgehead atoms. The molecule has 2 aliphatic rings. The molecule has 0 spiro atoms. The molecule has 150 valence electrons. The zero-order valence-electron chi connectivity index (χ0n) is 17.0. The molecule has 1 aliphatic carbocycles. The number of aryl methyl sites for hydroxylation is 1. The Labute approximate surface area is 175 Å². The van der Waals surface area contributed by atoms with Crippen molar-refractivity contribution >= 4 is 10.9 Å². The molecule has 1 saturated carbocycles. The lowest BCUT2D eigenvalue weighted by Gasteiger charge is -2.19. The topological polar surface area (TPSA) is 29.9 Å². The predicted octanol–water partition coefficient (Wildman–Crippen LogP) is 4.80. The maximum atomic E-state index is 13.3. The van der Waals surface area contributed by atoms with Crippen LogP contribution in [0, 0.1) is 24.6 Å². The standard InChI is InChI=1S/C26H24FN3/c1-17-11-25-19(14-29-30(25)21-9-7-20(27)8-10-21)13-22(17)26-16-28-15-24(26)23(26)12-18-5-3-2-4-6-18/h2-11,13-14,23-24,28H,12,15-16H2,1H3/t23-,24-,26-/m1/s1. The van der Waals surface area contributed by atoms with Crippen LogP contribution in [0.2, 0.25) is 0 Å². The Morgan fingerprint density at radius 1 is 1.10 bits per heavy atom. The van der Waals surface area contributed by atoms with Gasteiger partial charge in [0.25, 0.3) is 0 Å². The minimum atomic E-state index is -0.231. The first-order valence-corrected chi connectivity index (χ1v) is 10.7. The van der Waals surface area contributed by atoms with Gasteiger partial charge in [0.2, 0.25) is 0 Å². The summed E-state index contributed by atoms with van der Waals surface area (Å²) in [6.45, 7) is 4.37. The highest BCUT2D eigenvalue weighted by Crippen LogP contribution is 2.63. The van der Waals surface area contributed by atoms with E-state index in [4.69, 9.17) is 0 Å². The monoisotopic (exact) mass is 397 g/mol. The number of hydrogen-bond acceptors (Lipinski definition) is 2. The number of fused-ring (bicyclic) bond motifs is 2. The van der Waals surface area contributed by atoms with E-state index in [1.165, 1.54) is 28.8 Å². The molecule has 30 heavy (non-hydrogen) atoms. The van der Waals surface area contributed by atoms with Gasteiger partial charge in [-0.15, -0.1) is 0 Å². The van der Waals surface area contributed by atoms with Gasteiger partial charge in [0, 0.05) is 17.3 Å². The van der Waals surface area contributed by atoms with Gasteiger partial charge in [0.1, 0.15) is 5.82 Å². The van der Waals surface area contributed by atoms with Crippen LogP contribution in [0.15, 0.2) is 72.9 Å².